The van der Waals surface area contributed by atoms with Gasteiger partial charge in [0.15, 0.2) is 0 Å². The van der Waals surface area contributed by atoms with E-state index in [0.717, 1.165) is 18.0 Å². The molecule has 15 heavy (non-hydrogen) atoms. The van der Waals surface area contributed by atoms with Crippen LogP contribution in [0.1, 0.15) is 20.8 Å². The summed E-state index contributed by atoms with van der Waals surface area (Å²) in [6.07, 6.45) is 0. The molecule has 0 aliphatic heterocycles. The fraction of sp³-hybridized carbons (Fsp3) is 0.500. The number of benzene rings is 1. The van der Waals surface area contributed by atoms with Crippen LogP contribution in [0.25, 0.3) is 0 Å². The minimum absolute atomic E-state index is 0.190. The largest absolute Gasteiger partial charge is 0.384 e. The molecule has 84 valence electrons. The predicted octanol–water partition coefficient (Wildman–Crippen LogP) is 3.77. The molecule has 1 aromatic rings. The highest BCUT2D eigenvalue weighted by Crippen LogP contribution is 2.22. The highest BCUT2D eigenvalue weighted by Gasteiger charge is 2.09. The third-order valence-corrected chi connectivity index (χ3v) is 3.08. The maximum absolute atomic E-state index is 12.6. The zero-order chi connectivity index (χ0) is 11.3. The highest BCUT2D eigenvalue weighted by atomic mass is 32.2. The average molecular weight is 227 g/mol. The summed E-state index contributed by atoms with van der Waals surface area (Å²) in [4.78, 5) is 0. The Kier molecular flexibility index (Phi) is 4.45. The van der Waals surface area contributed by atoms with Gasteiger partial charge in [-0.1, -0.05) is 20.8 Å². The number of hydrogen-bond acceptors (Lipinski definition) is 2. The van der Waals surface area contributed by atoms with Crippen LogP contribution in [0.2, 0.25) is 0 Å². The normalized spacial score (nSPS) is 11.5. The van der Waals surface area contributed by atoms with E-state index in [2.05, 4.69) is 26.1 Å². The van der Waals surface area contributed by atoms with Crippen LogP contribution < -0.4 is 5.32 Å². The minimum Gasteiger partial charge on any atom is -0.384 e. The van der Waals surface area contributed by atoms with Gasteiger partial charge in [-0.05, 0) is 24.3 Å². The summed E-state index contributed by atoms with van der Waals surface area (Å²) in [6.45, 7) is 7.52. The zero-order valence-electron chi connectivity index (χ0n) is 9.51. The first kappa shape index (κ1) is 12.4. The second-order valence-electron chi connectivity index (χ2n) is 4.39. The van der Waals surface area contributed by atoms with Crippen LogP contribution in [-0.2, 0) is 0 Å². The van der Waals surface area contributed by atoms with E-state index >= 15 is 0 Å². The quantitative estimate of drug-likeness (QED) is 0.786. The first-order chi connectivity index (χ1) is 6.97. The van der Waals surface area contributed by atoms with Crippen LogP contribution in [0.5, 0.6) is 0 Å². The molecule has 0 saturated heterocycles. The van der Waals surface area contributed by atoms with Gasteiger partial charge in [0.1, 0.15) is 5.82 Å². The molecule has 1 nitrogen and oxygen atoms in total. The fourth-order valence-electron chi connectivity index (χ4n) is 1.12. The summed E-state index contributed by atoms with van der Waals surface area (Å²) in [5, 5.41) is 3.26. The van der Waals surface area contributed by atoms with Crippen LogP contribution in [0.15, 0.2) is 24.3 Å². The molecule has 0 aliphatic carbocycles. The smallest absolute Gasteiger partial charge is 0.123 e. The van der Waals surface area contributed by atoms with Gasteiger partial charge < -0.3 is 5.32 Å². The van der Waals surface area contributed by atoms with Crippen molar-refractivity contribution < 1.29 is 4.39 Å². The van der Waals surface area contributed by atoms with Gasteiger partial charge in [-0.15, -0.1) is 0 Å². The SMILES string of the molecule is CC(C)(C)SCCNc1ccc(F)cc1. The van der Waals surface area contributed by atoms with Crippen LogP contribution in [-0.4, -0.2) is 17.0 Å². The van der Waals surface area contributed by atoms with Crippen molar-refractivity contribution in [1.29, 1.82) is 0 Å². The number of nitrogens with one attached hydrogen (secondary N) is 1. The zero-order valence-corrected chi connectivity index (χ0v) is 10.3. The van der Waals surface area contributed by atoms with Gasteiger partial charge in [0, 0.05) is 22.7 Å². The maximum atomic E-state index is 12.6. The molecule has 0 saturated carbocycles. The van der Waals surface area contributed by atoms with E-state index in [0.29, 0.717) is 4.75 Å². The molecular formula is C12H18FNS. The fourth-order valence-corrected chi connectivity index (χ4v) is 1.94. The maximum Gasteiger partial charge on any atom is 0.123 e. The second-order valence-corrected chi connectivity index (χ2v) is 6.32. The number of halogens is 1. The molecule has 0 atom stereocenters. The second kappa shape index (κ2) is 5.40. The molecule has 0 radical (unpaired) electrons. The van der Waals surface area contributed by atoms with Crippen LogP contribution in [0.4, 0.5) is 10.1 Å². The lowest BCUT2D eigenvalue weighted by molar-refractivity contribution is 0.628. The van der Waals surface area contributed by atoms with Crippen molar-refractivity contribution in [2.24, 2.45) is 0 Å². The molecular weight excluding hydrogens is 209 g/mol. The Morgan fingerprint density at radius 2 is 1.80 bits per heavy atom. The molecule has 0 fully saturated rings. The van der Waals surface area contributed by atoms with Crippen molar-refractivity contribution in [2.45, 2.75) is 25.5 Å². The monoisotopic (exact) mass is 227 g/mol. The number of thioether (sulfide) groups is 1. The topological polar surface area (TPSA) is 12.0 Å². The van der Waals surface area contributed by atoms with Gasteiger partial charge in [-0.25, -0.2) is 4.39 Å². The Bertz CT molecular complexity index is 289. The Morgan fingerprint density at radius 3 is 2.33 bits per heavy atom. The molecule has 0 heterocycles. The molecule has 1 aromatic carbocycles. The van der Waals surface area contributed by atoms with Gasteiger partial charge in [-0.2, -0.15) is 11.8 Å². The van der Waals surface area contributed by atoms with Gasteiger partial charge >= 0.3 is 0 Å². The molecule has 0 aliphatic rings. The van der Waals surface area contributed by atoms with E-state index in [4.69, 9.17) is 0 Å². The summed E-state index contributed by atoms with van der Waals surface area (Å²) < 4.78 is 12.9. The van der Waals surface area contributed by atoms with Gasteiger partial charge in [0.25, 0.3) is 0 Å². The Labute approximate surface area is 95.5 Å². The molecule has 0 spiro atoms. The third-order valence-electron chi connectivity index (χ3n) is 1.81. The molecule has 3 heteroatoms. The lowest BCUT2D eigenvalue weighted by atomic mass is 10.3. The van der Waals surface area contributed by atoms with Crippen molar-refractivity contribution >= 4 is 17.4 Å². The van der Waals surface area contributed by atoms with E-state index in [-0.39, 0.29) is 5.82 Å². The minimum atomic E-state index is -0.190. The first-order valence-corrected chi connectivity index (χ1v) is 6.09. The van der Waals surface area contributed by atoms with Crippen LogP contribution in [0.3, 0.4) is 0 Å². The summed E-state index contributed by atoms with van der Waals surface area (Å²) in [6, 6.07) is 6.46. The Balaban J connectivity index is 2.23. The van der Waals surface area contributed by atoms with E-state index in [1.807, 2.05) is 11.8 Å². The van der Waals surface area contributed by atoms with E-state index in [9.17, 15) is 4.39 Å². The molecule has 1 rings (SSSR count). The Hall–Kier alpha value is -0.700. The summed E-state index contributed by atoms with van der Waals surface area (Å²) in [7, 11) is 0. The van der Waals surface area contributed by atoms with E-state index < -0.39 is 0 Å². The summed E-state index contributed by atoms with van der Waals surface area (Å²) >= 11 is 1.92. The van der Waals surface area contributed by atoms with Crippen molar-refractivity contribution in [3.63, 3.8) is 0 Å². The molecule has 0 aromatic heterocycles. The lowest BCUT2D eigenvalue weighted by Crippen LogP contribution is -2.12. The summed E-state index contributed by atoms with van der Waals surface area (Å²) in [5.74, 6) is 0.866. The molecule has 0 amide bonds. The molecule has 0 unspecified atom stereocenters. The van der Waals surface area contributed by atoms with E-state index in [1.165, 1.54) is 12.1 Å². The molecule has 1 N–H and O–H groups in total. The number of rotatable bonds is 4. The number of hydrogen-bond donors (Lipinski definition) is 1. The highest BCUT2D eigenvalue weighted by molar-refractivity contribution is 8.00. The third kappa shape index (κ3) is 5.67. The standard InChI is InChI=1S/C12H18FNS/c1-12(2,3)15-9-8-14-11-6-4-10(13)5-7-11/h4-7,14H,8-9H2,1-3H3. The first-order valence-electron chi connectivity index (χ1n) is 5.11. The van der Waals surface area contributed by atoms with Crippen LogP contribution in [0, 0.1) is 5.82 Å². The van der Waals surface area contributed by atoms with Crippen molar-refractivity contribution in [3.05, 3.63) is 30.1 Å². The van der Waals surface area contributed by atoms with E-state index in [1.54, 1.807) is 12.1 Å². The lowest BCUT2D eigenvalue weighted by Gasteiger charge is -2.17. The average Bonchev–Trinajstić information content (AvgIpc) is 2.14. The number of anilines is 1. The summed E-state index contributed by atoms with van der Waals surface area (Å²) in [5.41, 5.74) is 0.978. The van der Waals surface area contributed by atoms with Crippen LogP contribution >= 0.6 is 11.8 Å². The Morgan fingerprint density at radius 1 is 1.20 bits per heavy atom. The van der Waals surface area contributed by atoms with Gasteiger partial charge in [0.05, 0.1) is 0 Å². The van der Waals surface area contributed by atoms with Gasteiger partial charge in [-0.3, -0.25) is 0 Å². The van der Waals surface area contributed by atoms with Crippen molar-refractivity contribution in [2.75, 3.05) is 17.6 Å². The van der Waals surface area contributed by atoms with Crippen molar-refractivity contribution in [3.8, 4) is 0 Å². The van der Waals surface area contributed by atoms with Crippen molar-refractivity contribution in [1.82, 2.24) is 0 Å². The van der Waals surface area contributed by atoms with Gasteiger partial charge in [0.2, 0.25) is 0 Å². The predicted molar refractivity (Wildman–Crippen MR) is 67.1 cm³/mol. The molecule has 0 bridgehead atoms.